The first kappa shape index (κ1) is 18.5. The van der Waals surface area contributed by atoms with Gasteiger partial charge in [-0.2, -0.15) is 8.42 Å². The Labute approximate surface area is 104 Å². The molecule has 0 fully saturated rings. The maximum absolute atomic E-state index is 10.5. The Morgan fingerprint density at radius 1 is 1.35 bits per heavy atom. The van der Waals surface area contributed by atoms with Crippen molar-refractivity contribution in [3.8, 4) is 0 Å². The molecule has 0 rings (SSSR count). The van der Waals surface area contributed by atoms with Crippen LogP contribution in [0.2, 0.25) is 0 Å². The lowest BCUT2D eigenvalue weighted by atomic mass is 10.1. The van der Waals surface area contributed by atoms with Gasteiger partial charge in [-0.15, -0.1) is 0 Å². The summed E-state index contributed by atoms with van der Waals surface area (Å²) < 4.78 is 28.4. The van der Waals surface area contributed by atoms with E-state index in [1.165, 1.54) is 13.8 Å². The Kier molecular flexibility index (Phi) is 8.10. The Hall–Kier alpha value is -0.880. The van der Waals surface area contributed by atoms with Crippen molar-refractivity contribution in [1.29, 1.82) is 0 Å². The lowest BCUT2D eigenvalue weighted by Crippen LogP contribution is -2.29. The molecule has 0 heterocycles. The third kappa shape index (κ3) is 7.93. The fraction of sp³-hybridized carbons (Fsp3) is 0.727. The van der Waals surface area contributed by atoms with Crippen molar-refractivity contribution in [2.24, 2.45) is 0 Å². The van der Waals surface area contributed by atoms with Gasteiger partial charge in [-0.3, -0.25) is 9.35 Å². The average Bonchev–Trinajstić information content (AvgIpc) is 2.17. The van der Waals surface area contributed by atoms with Crippen LogP contribution in [0.5, 0.6) is 0 Å². The smallest absolute Gasteiger partial charge is 0.270 e. The molecular weight excluding hydrogens is 242 g/mol. The molecule has 0 unspecified atom stereocenters. The predicted molar refractivity (Wildman–Crippen MR) is 69.4 cm³/mol. The van der Waals surface area contributed by atoms with E-state index < -0.39 is 14.9 Å². The first-order valence-corrected chi connectivity index (χ1v) is 6.84. The van der Waals surface area contributed by atoms with Crippen molar-refractivity contribution in [3.05, 3.63) is 12.2 Å². The molecule has 0 radical (unpaired) electrons. The van der Waals surface area contributed by atoms with Crippen LogP contribution in [0.3, 0.4) is 0 Å². The minimum Gasteiger partial charge on any atom is -0.353 e. The molecule has 0 aromatic carbocycles. The second-order valence-electron chi connectivity index (χ2n) is 4.23. The number of rotatable bonds is 4. The molecule has 0 aliphatic heterocycles. The first-order chi connectivity index (χ1) is 7.49. The highest BCUT2D eigenvalue weighted by molar-refractivity contribution is 7.87. The second-order valence-corrected chi connectivity index (χ2v) is 6.28. The Morgan fingerprint density at radius 3 is 1.82 bits per heavy atom. The molecule has 0 aliphatic carbocycles. The van der Waals surface area contributed by atoms with Gasteiger partial charge in [0.2, 0.25) is 5.91 Å². The van der Waals surface area contributed by atoms with E-state index in [0.29, 0.717) is 18.5 Å². The van der Waals surface area contributed by atoms with Crippen molar-refractivity contribution in [3.63, 3.8) is 0 Å². The minimum absolute atomic E-state index is 0.0625. The van der Waals surface area contributed by atoms with Crippen molar-refractivity contribution < 1.29 is 17.8 Å². The van der Waals surface area contributed by atoms with E-state index in [1.54, 1.807) is 13.8 Å². The van der Waals surface area contributed by atoms with Gasteiger partial charge >= 0.3 is 0 Å². The predicted octanol–water partition coefficient (Wildman–Crippen LogP) is 1.76. The summed E-state index contributed by atoms with van der Waals surface area (Å²) in [4.78, 5) is 10.5. The number of likely N-dealkylation sites (N-methyl/N-ethyl adjacent to an activating group) is 1. The summed E-state index contributed by atoms with van der Waals surface area (Å²) in [5, 5.41) is 2.61. The molecule has 2 N–H and O–H groups in total. The SMILES string of the molecule is C=C(C)C(=O)NCC.CCC(C)(C)S(=O)(=O)O. The van der Waals surface area contributed by atoms with Gasteiger partial charge in [0.05, 0.1) is 4.75 Å². The van der Waals surface area contributed by atoms with Crippen LogP contribution in [-0.2, 0) is 14.9 Å². The summed E-state index contributed by atoms with van der Waals surface area (Å²) in [6, 6.07) is 0. The number of hydrogen-bond acceptors (Lipinski definition) is 3. The van der Waals surface area contributed by atoms with Crippen molar-refractivity contribution in [2.45, 2.75) is 45.8 Å². The maximum atomic E-state index is 10.5. The summed E-state index contributed by atoms with van der Waals surface area (Å²) in [6.07, 6.45) is 0.422. The zero-order valence-corrected chi connectivity index (χ0v) is 12.0. The molecule has 0 bridgehead atoms. The summed E-state index contributed by atoms with van der Waals surface area (Å²) in [7, 11) is -3.85. The lowest BCUT2D eigenvalue weighted by molar-refractivity contribution is -0.117. The number of hydrogen-bond donors (Lipinski definition) is 2. The van der Waals surface area contributed by atoms with Crippen LogP contribution in [0.25, 0.3) is 0 Å². The quantitative estimate of drug-likeness (QED) is 0.599. The summed E-state index contributed by atoms with van der Waals surface area (Å²) in [5.41, 5.74) is 0.562. The molecule has 5 nitrogen and oxygen atoms in total. The van der Waals surface area contributed by atoms with Gasteiger partial charge in [-0.1, -0.05) is 13.5 Å². The summed E-state index contributed by atoms with van der Waals surface area (Å²) in [5.74, 6) is -0.0625. The standard InChI is InChI=1S/C6H11NO.C5H12O3S/c1-4-7-6(8)5(2)3;1-4-5(2,3)9(6,7)8/h2,4H2,1,3H3,(H,7,8);4H2,1-3H3,(H,6,7,8). The largest absolute Gasteiger partial charge is 0.353 e. The lowest BCUT2D eigenvalue weighted by Gasteiger charge is -2.17. The highest BCUT2D eigenvalue weighted by Crippen LogP contribution is 2.17. The molecule has 102 valence electrons. The van der Waals surface area contributed by atoms with Crippen LogP contribution < -0.4 is 5.32 Å². The number of amides is 1. The summed E-state index contributed by atoms with van der Waals surface area (Å²) >= 11 is 0. The molecule has 0 aromatic rings. The molecule has 0 saturated heterocycles. The molecule has 17 heavy (non-hydrogen) atoms. The van der Waals surface area contributed by atoms with Gasteiger partial charge in [0, 0.05) is 12.1 Å². The Bertz CT molecular complexity index is 358. The molecule has 0 spiro atoms. The van der Waals surface area contributed by atoms with E-state index in [1.807, 2.05) is 6.92 Å². The van der Waals surface area contributed by atoms with Gasteiger partial charge in [-0.05, 0) is 34.1 Å². The third-order valence-electron chi connectivity index (χ3n) is 2.27. The van der Waals surface area contributed by atoms with Gasteiger partial charge < -0.3 is 5.32 Å². The zero-order valence-electron chi connectivity index (χ0n) is 11.2. The number of carbonyl (C=O) groups is 1. The Morgan fingerprint density at radius 2 is 1.76 bits per heavy atom. The number of nitrogens with one attached hydrogen (secondary N) is 1. The molecule has 0 aromatic heterocycles. The molecular formula is C11H23NO4S. The molecule has 6 heteroatoms. The fourth-order valence-electron chi connectivity index (χ4n) is 0.494. The normalized spacial score (nSPS) is 11.2. The van der Waals surface area contributed by atoms with E-state index in [4.69, 9.17) is 4.55 Å². The minimum atomic E-state index is -3.85. The van der Waals surface area contributed by atoms with E-state index in [9.17, 15) is 13.2 Å². The molecule has 0 saturated carbocycles. The second kappa shape index (κ2) is 7.45. The maximum Gasteiger partial charge on any atom is 0.270 e. The van der Waals surface area contributed by atoms with Crippen LogP contribution in [0.1, 0.15) is 41.0 Å². The van der Waals surface area contributed by atoms with Gasteiger partial charge in [0.15, 0.2) is 0 Å². The number of carbonyl (C=O) groups excluding carboxylic acids is 1. The topological polar surface area (TPSA) is 83.5 Å². The van der Waals surface area contributed by atoms with Crippen LogP contribution in [-0.4, -0.2) is 30.2 Å². The Balaban J connectivity index is 0. The summed E-state index contributed by atoms with van der Waals surface area (Å²) in [6.45, 7) is 12.4. The van der Waals surface area contributed by atoms with Crippen LogP contribution >= 0.6 is 0 Å². The van der Waals surface area contributed by atoms with Crippen molar-refractivity contribution >= 4 is 16.0 Å². The average molecular weight is 265 g/mol. The highest BCUT2D eigenvalue weighted by atomic mass is 32.2. The first-order valence-electron chi connectivity index (χ1n) is 5.40. The monoisotopic (exact) mass is 265 g/mol. The highest BCUT2D eigenvalue weighted by Gasteiger charge is 2.29. The molecule has 1 amide bonds. The van der Waals surface area contributed by atoms with Crippen molar-refractivity contribution in [2.75, 3.05) is 6.54 Å². The van der Waals surface area contributed by atoms with E-state index in [0.717, 1.165) is 0 Å². The molecule has 0 atom stereocenters. The fourth-order valence-corrected chi connectivity index (χ4v) is 0.859. The van der Waals surface area contributed by atoms with E-state index >= 15 is 0 Å². The van der Waals surface area contributed by atoms with Crippen molar-refractivity contribution in [1.82, 2.24) is 5.32 Å². The van der Waals surface area contributed by atoms with Gasteiger partial charge in [0.1, 0.15) is 0 Å². The van der Waals surface area contributed by atoms with Gasteiger partial charge in [-0.25, -0.2) is 0 Å². The van der Waals surface area contributed by atoms with Crippen LogP contribution in [0, 0.1) is 0 Å². The van der Waals surface area contributed by atoms with Gasteiger partial charge in [0.25, 0.3) is 10.1 Å². The van der Waals surface area contributed by atoms with Crippen LogP contribution in [0.15, 0.2) is 12.2 Å². The third-order valence-corrected chi connectivity index (χ3v) is 3.96. The van der Waals surface area contributed by atoms with E-state index in [2.05, 4.69) is 11.9 Å². The van der Waals surface area contributed by atoms with Crippen LogP contribution in [0.4, 0.5) is 0 Å². The zero-order chi connectivity index (χ0) is 14.3. The van der Waals surface area contributed by atoms with E-state index in [-0.39, 0.29) is 5.91 Å². The molecule has 0 aliphatic rings.